The van der Waals surface area contributed by atoms with Crippen molar-refractivity contribution in [3.63, 3.8) is 0 Å². The molecule has 0 heterocycles. The Labute approximate surface area is 122 Å². The summed E-state index contributed by atoms with van der Waals surface area (Å²) in [4.78, 5) is 0. The van der Waals surface area contributed by atoms with Gasteiger partial charge in [0.1, 0.15) is 0 Å². The van der Waals surface area contributed by atoms with E-state index in [-0.39, 0.29) is 0 Å². The van der Waals surface area contributed by atoms with Crippen molar-refractivity contribution in [2.75, 3.05) is 12.4 Å². The Bertz CT molecular complexity index is 415. The highest BCUT2D eigenvalue weighted by Crippen LogP contribution is 2.61. The number of alkyl halides is 13. The largest absolute Gasteiger partial charge is 0.460 e. The van der Waals surface area contributed by atoms with Gasteiger partial charge in [-0.1, -0.05) is 11.8 Å². The molecule has 0 aliphatic carbocycles. The summed E-state index contributed by atoms with van der Waals surface area (Å²) in [6.45, 7) is -1.32. The van der Waals surface area contributed by atoms with Crippen LogP contribution in [0.3, 0.4) is 0 Å². The molecule has 0 fully saturated rings. The molecule has 0 radical (unpaired) electrons. The molecule has 0 rings (SSSR count). The van der Waals surface area contributed by atoms with E-state index >= 15 is 0 Å². The average Bonchev–Trinajstić information content (AvgIpc) is 2.34. The number of aliphatic hydroxyl groups excluding tert-OH is 1. The lowest BCUT2D eigenvalue weighted by Crippen LogP contribution is -2.69. The average molecular weight is 396 g/mol. The summed E-state index contributed by atoms with van der Waals surface area (Å²) in [6, 6.07) is 0. The zero-order valence-electron chi connectivity index (χ0n) is 10.2. The summed E-state index contributed by atoms with van der Waals surface area (Å²) in [7, 11) is 0. The Balaban J connectivity index is 6.03. The van der Waals surface area contributed by atoms with Crippen LogP contribution in [0, 0.1) is 0 Å². The van der Waals surface area contributed by atoms with Gasteiger partial charge in [0.05, 0.1) is 6.61 Å². The fourth-order valence-corrected chi connectivity index (χ4v) is 1.68. The molecule has 140 valence electrons. The zero-order valence-corrected chi connectivity index (χ0v) is 11.0. The molecule has 0 bridgehead atoms. The molecule has 15 heteroatoms. The lowest BCUT2D eigenvalue weighted by Gasteiger charge is -2.39. The van der Waals surface area contributed by atoms with Crippen molar-refractivity contribution in [1.29, 1.82) is 0 Å². The van der Waals surface area contributed by atoms with E-state index in [1.165, 1.54) is 0 Å². The van der Waals surface area contributed by atoms with E-state index in [0.29, 0.717) is 0 Å². The molecular formula is C8H5F13OS. The fraction of sp³-hybridized carbons (Fsp3) is 1.00. The monoisotopic (exact) mass is 396 g/mol. The first-order chi connectivity index (χ1) is 9.81. The SMILES string of the molecule is OCCSC(F)(F)C(F)(F)C(F)(F)C(F)(F)C(F)(F)C(F)(F)F. The third-order valence-electron chi connectivity index (χ3n) is 2.28. The van der Waals surface area contributed by atoms with Crippen molar-refractivity contribution >= 4 is 11.8 Å². The van der Waals surface area contributed by atoms with Gasteiger partial charge in [0.15, 0.2) is 0 Å². The summed E-state index contributed by atoms with van der Waals surface area (Å²) in [5.74, 6) is -32.1. The summed E-state index contributed by atoms with van der Waals surface area (Å²) < 4.78 is 163. The Hall–Kier alpha value is -0.600. The van der Waals surface area contributed by atoms with Gasteiger partial charge in [-0.05, 0) is 0 Å². The maximum absolute atomic E-state index is 12.9. The molecule has 23 heavy (non-hydrogen) atoms. The Morgan fingerprint density at radius 3 is 1.22 bits per heavy atom. The summed E-state index contributed by atoms with van der Waals surface area (Å²) in [6.07, 6.45) is -7.41. The lowest BCUT2D eigenvalue weighted by atomic mass is 9.98. The molecule has 0 amide bonds. The normalized spacial score (nSPS) is 15.9. The first kappa shape index (κ1) is 22.4. The molecule has 0 saturated carbocycles. The number of hydrogen-bond donors (Lipinski definition) is 1. The van der Waals surface area contributed by atoms with Crippen LogP contribution in [-0.4, -0.2) is 52.6 Å². The number of aliphatic hydroxyl groups is 1. The maximum Gasteiger partial charge on any atom is 0.460 e. The van der Waals surface area contributed by atoms with Crippen LogP contribution >= 0.6 is 11.8 Å². The third-order valence-corrected chi connectivity index (χ3v) is 3.28. The lowest BCUT2D eigenvalue weighted by molar-refractivity contribution is -0.433. The van der Waals surface area contributed by atoms with Crippen LogP contribution in [0.1, 0.15) is 0 Å². The first-order valence-corrected chi connectivity index (χ1v) is 6.00. The molecule has 0 aromatic rings. The molecular weight excluding hydrogens is 391 g/mol. The van der Waals surface area contributed by atoms with Gasteiger partial charge in [-0.2, -0.15) is 57.1 Å². The zero-order chi connectivity index (χ0) is 19.1. The Kier molecular flexibility index (Phi) is 5.88. The van der Waals surface area contributed by atoms with Crippen LogP contribution in [0.2, 0.25) is 0 Å². The minimum atomic E-state index is -7.88. The predicted molar refractivity (Wildman–Crippen MR) is 50.3 cm³/mol. The van der Waals surface area contributed by atoms with E-state index in [0.717, 1.165) is 0 Å². The van der Waals surface area contributed by atoms with Gasteiger partial charge in [-0.15, -0.1) is 0 Å². The highest BCUT2D eigenvalue weighted by atomic mass is 32.2. The summed E-state index contributed by atoms with van der Waals surface area (Å²) in [5, 5.41) is 1.91. The van der Waals surface area contributed by atoms with Gasteiger partial charge in [0.2, 0.25) is 0 Å². The second-order valence-corrected chi connectivity index (χ2v) is 5.09. The number of halogens is 13. The van der Waals surface area contributed by atoms with Crippen molar-refractivity contribution in [1.82, 2.24) is 0 Å². The highest BCUT2D eigenvalue weighted by molar-refractivity contribution is 8.00. The minimum absolute atomic E-state index is 1.32. The summed E-state index contributed by atoms with van der Waals surface area (Å²) >= 11 is -1.53. The van der Waals surface area contributed by atoms with Crippen molar-refractivity contribution in [2.24, 2.45) is 0 Å². The molecule has 1 N–H and O–H groups in total. The van der Waals surface area contributed by atoms with Gasteiger partial charge in [-0.25, -0.2) is 0 Å². The Morgan fingerprint density at radius 1 is 0.565 bits per heavy atom. The molecule has 1 nitrogen and oxygen atoms in total. The van der Waals surface area contributed by atoms with Crippen LogP contribution in [-0.2, 0) is 0 Å². The second kappa shape index (κ2) is 6.04. The molecule has 0 aromatic carbocycles. The molecule has 0 saturated heterocycles. The molecule has 0 aliphatic heterocycles. The van der Waals surface area contributed by atoms with Crippen molar-refractivity contribution in [2.45, 2.75) is 35.1 Å². The van der Waals surface area contributed by atoms with Crippen LogP contribution < -0.4 is 0 Å². The van der Waals surface area contributed by atoms with Crippen LogP contribution in [0.25, 0.3) is 0 Å². The van der Waals surface area contributed by atoms with Crippen molar-refractivity contribution < 1.29 is 62.2 Å². The van der Waals surface area contributed by atoms with Gasteiger partial charge in [0.25, 0.3) is 0 Å². The van der Waals surface area contributed by atoms with Crippen molar-refractivity contribution in [3.8, 4) is 0 Å². The van der Waals surface area contributed by atoms with Crippen LogP contribution in [0.5, 0.6) is 0 Å². The number of hydrogen-bond acceptors (Lipinski definition) is 2. The van der Waals surface area contributed by atoms with E-state index in [1.54, 1.807) is 0 Å². The first-order valence-electron chi connectivity index (χ1n) is 5.02. The third kappa shape index (κ3) is 3.30. The molecule has 0 atom stereocenters. The number of rotatable bonds is 7. The van der Waals surface area contributed by atoms with Gasteiger partial charge in [-0.3, -0.25) is 0 Å². The van der Waals surface area contributed by atoms with Crippen LogP contribution in [0.15, 0.2) is 0 Å². The van der Waals surface area contributed by atoms with E-state index in [9.17, 15) is 57.1 Å². The van der Waals surface area contributed by atoms with E-state index in [4.69, 9.17) is 5.11 Å². The van der Waals surface area contributed by atoms with Gasteiger partial charge in [0, 0.05) is 5.75 Å². The molecule has 0 aliphatic rings. The topological polar surface area (TPSA) is 20.2 Å². The smallest absolute Gasteiger partial charge is 0.396 e. The minimum Gasteiger partial charge on any atom is -0.396 e. The second-order valence-electron chi connectivity index (χ2n) is 3.88. The van der Waals surface area contributed by atoms with Crippen LogP contribution in [0.4, 0.5) is 57.1 Å². The predicted octanol–water partition coefficient (Wildman–Crippen LogP) is 4.41. The Morgan fingerprint density at radius 2 is 0.913 bits per heavy atom. The number of thioether (sulfide) groups is 1. The standard InChI is InChI=1S/C8H5F13OS/c9-3(10,5(13,14)7(17,18)19)4(11,12)6(15,16)8(20,21)23-2-1-22/h22H,1-2H2. The molecule has 0 aromatic heterocycles. The van der Waals surface area contributed by atoms with E-state index in [2.05, 4.69) is 0 Å². The fourth-order valence-electron chi connectivity index (χ4n) is 1.02. The molecule has 0 unspecified atom stereocenters. The van der Waals surface area contributed by atoms with Gasteiger partial charge >= 0.3 is 35.1 Å². The highest BCUT2D eigenvalue weighted by Gasteiger charge is 2.90. The quantitative estimate of drug-likeness (QED) is 0.644. The van der Waals surface area contributed by atoms with Crippen molar-refractivity contribution in [3.05, 3.63) is 0 Å². The van der Waals surface area contributed by atoms with E-state index < -0.39 is 59.2 Å². The maximum atomic E-state index is 12.9. The van der Waals surface area contributed by atoms with Gasteiger partial charge < -0.3 is 5.11 Å². The summed E-state index contributed by atoms with van der Waals surface area (Å²) in [5.41, 5.74) is 0. The van der Waals surface area contributed by atoms with E-state index in [1.807, 2.05) is 0 Å². The molecule has 0 spiro atoms.